The number of esters is 1. The molecule has 0 rings (SSSR count). The summed E-state index contributed by atoms with van der Waals surface area (Å²) in [7, 11) is 0. The second-order valence-corrected chi connectivity index (χ2v) is 9.37. The minimum Gasteiger partial charge on any atom is -0.481 e. The first-order chi connectivity index (χ1) is 15.5. The molecule has 0 heterocycles. The maximum Gasteiger partial charge on any atom is 0.309 e. The van der Waals surface area contributed by atoms with Gasteiger partial charge in [-0.25, -0.2) is 0 Å². The van der Waals surface area contributed by atoms with Gasteiger partial charge in [0.15, 0.2) is 0 Å². The maximum absolute atomic E-state index is 12.4. The number of rotatable bonds is 23. The molecule has 0 aromatic carbocycles. The van der Waals surface area contributed by atoms with Crippen molar-refractivity contribution in [2.45, 2.75) is 136 Å². The average molecular weight is 453 g/mol. The highest BCUT2D eigenvalue weighted by Crippen LogP contribution is 2.17. The van der Waals surface area contributed by atoms with Gasteiger partial charge in [-0.2, -0.15) is 0 Å². The number of allylic oxidation sites excluding steroid dienone is 2. The van der Waals surface area contributed by atoms with Crippen LogP contribution >= 0.6 is 0 Å². The van der Waals surface area contributed by atoms with E-state index in [9.17, 15) is 9.59 Å². The molecule has 0 aromatic rings. The zero-order chi connectivity index (χ0) is 23.9. The van der Waals surface area contributed by atoms with Crippen molar-refractivity contribution in [2.75, 3.05) is 6.61 Å². The van der Waals surface area contributed by atoms with Crippen molar-refractivity contribution in [3.8, 4) is 0 Å². The minimum atomic E-state index is -0.941. The van der Waals surface area contributed by atoms with E-state index in [1.165, 1.54) is 64.2 Å². The number of carbonyl (C=O) groups excluding carboxylic acids is 1. The van der Waals surface area contributed by atoms with Crippen LogP contribution in [0.15, 0.2) is 12.2 Å². The molecule has 4 nitrogen and oxygen atoms in total. The molecule has 0 aromatic heterocycles. The highest BCUT2D eigenvalue weighted by molar-refractivity contribution is 5.79. The molecule has 0 saturated carbocycles. The minimum absolute atomic E-state index is 0.159. The third kappa shape index (κ3) is 19.4. The second kappa shape index (κ2) is 22.9. The number of hydrogen-bond donors (Lipinski definition) is 1. The Morgan fingerprint density at radius 2 is 1.34 bits per heavy atom. The fraction of sp³-hybridized carbons (Fsp3) is 0.857. The van der Waals surface area contributed by atoms with Crippen molar-refractivity contribution in [3.63, 3.8) is 0 Å². The van der Waals surface area contributed by atoms with E-state index in [2.05, 4.69) is 26.8 Å². The molecule has 0 saturated heterocycles. The van der Waals surface area contributed by atoms with Gasteiger partial charge in [-0.3, -0.25) is 9.59 Å². The molecule has 0 aliphatic heterocycles. The van der Waals surface area contributed by atoms with E-state index in [0.717, 1.165) is 38.5 Å². The predicted octanol–water partition coefficient (Wildman–Crippen LogP) is 8.48. The molecule has 32 heavy (non-hydrogen) atoms. The Bertz CT molecular complexity index is 472. The van der Waals surface area contributed by atoms with Crippen LogP contribution in [0.1, 0.15) is 136 Å². The number of unbranched alkanes of at least 4 members (excludes halogenated alkanes) is 12. The maximum atomic E-state index is 12.4. The van der Waals surface area contributed by atoms with Crippen molar-refractivity contribution in [3.05, 3.63) is 12.2 Å². The Morgan fingerprint density at radius 1 is 0.781 bits per heavy atom. The van der Waals surface area contributed by atoms with Gasteiger partial charge in [0.25, 0.3) is 0 Å². The summed E-state index contributed by atoms with van der Waals surface area (Å²) >= 11 is 0. The summed E-state index contributed by atoms with van der Waals surface area (Å²) < 4.78 is 5.49. The largest absolute Gasteiger partial charge is 0.481 e. The molecular weight excluding hydrogens is 400 g/mol. The molecule has 0 fully saturated rings. The summed E-state index contributed by atoms with van der Waals surface area (Å²) in [6.07, 6.45) is 24.3. The number of carbonyl (C=O) groups is 2. The van der Waals surface area contributed by atoms with Gasteiger partial charge in [0.2, 0.25) is 0 Å². The van der Waals surface area contributed by atoms with E-state index in [1.54, 1.807) is 0 Å². The van der Waals surface area contributed by atoms with Crippen LogP contribution in [0.4, 0.5) is 0 Å². The van der Waals surface area contributed by atoms with Crippen LogP contribution in [0.5, 0.6) is 0 Å². The van der Waals surface area contributed by atoms with Gasteiger partial charge in [0.05, 0.1) is 18.9 Å². The fourth-order valence-electron chi connectivity index (χ4n) is 3.99. The van der Waals surface area contributed by atoms with Gasteiger partial charge in [0.1, 0.15) is 0 Å². The Morgan fingerprint density at radius 3 is 1.88 bits per heavy atom. The molecule has 1 N–H and O–H groups in total. The van der Waals surface area contributed by atoms with Gasteiger partial charge < -0.3 is 9.84 Å². The number of aliphatic carboxylic acids is 1. The van der Waals surface area contributed by atoms with E-state index in [4.69, 9.17) is 9.84 Å². The highest BCUT2D eigenvalue weighted by atomic mass is 16.5. The third-order valence-corrected chi connectivity index (χ3v) is 6.32. The summed E-state index contributed by atoms with van der Waals surface area (Å²) in [5.74, 6) is -1.50. The molecule has 0 spiro atoms. The van der Waals surface area contributed by atoms with Gasteiger partial charge in [-0.1, -0.05) is 116 Å². The molecule has 0 radical (unpaired) electrons. The number of ether oxygens (including phenoxy) is 1. The van der Waals surface area contributed by atoms with Crippen LogP contribution < -0.4 is 0 Å². The molecule has 2 unspecified atom stereocenters. The van der Waals surface area contributed by atoms with Crippen molar-refractivity contribution < 1.29 is 19.4 Å². The average Bonchev–Trinajstić information content (AvgIpc) is 2.78. The molecule has 0 aliphatic rings. The van der Waals surface area contributed by atoms with Crippen molar-refractivity contribution in [2.24, 2.45) is 11.8 Å². The first-order valence-electron chi connectivity index (χ1n) is 13.6. The zero-order valence-electron chi connectivity index (χ0n) is 21.4. The first kappa shape index (κ1) is 30.7. The monoisotopic (exact) mass is 452 g/mol. The lowest BCUT2D eigenvalue weighted by Crippen LogP contribution is -2.23. The Hall–Kier alpha value is -1.32. The van der Waals surface area contributed by atoms with Gasteiger partial charge in [-0.15, -0.1) is 0 Å². The molecule has 2 atom stereocenters. The van der Waals surface area contributed by atoms with Gasteiger partial charge in [0, 0.05) is 0 Å². The lowest BCUT2D eigenvalue weighted by molar-refractivity contribution is -0.154. The number of hydrogen-bond acceptors (Lipinski definition) is 3. The van der Waals surface area contributed by atoms with Gasteiger partial charge >= 0.3 is 11.9 Å². The van der Waals surface area contributed by atoms with Gasteiger partial charge in [-0.05, 0) is 31.6 Å². The molecule has 0 amide bonds. The quantitative estimate of drug-likeness (QED) is 0.0958. The summed E-state index contributed by atoms with van der Waals surface area (Å²) in [6.45, 7) is 6.94. The lowest BCUT2D eigenvalue weighted by Gasteiger charge is -2.17. The summed E-state index contributed by atoms with van der Waals surface area (Å²) in [5, 5.41) is 9.16. The SMILES string of the molecule is CCCCCCCCCCCCCC=CCC(CC(=O)O)C(=O)OCC(CC)CCCC. The topological polar surface area (TPSA) is 63.6 Å². The molecule has 0 aliphatic carbocycles. The van der Waals surface area contributed by atoms with Crippen LogP contribution in [0.3, 0.4) is 0 Å². The molecule has 4 heteroatoms. The molecular formula is C28H52O4. The van der Waals surface area contributed by atoms with Crippen LogP contribution in [0, 0.1) is 11.8 Å². The van der Waals surface area contributed by atoms with E-state index in [-0.39, 0.29) is 12.4 Å². The zero-order valence-corrected chi connectivity index (χ0v) is 21.4. The molecule has 0 bridgehead atoms. The normalized spacial score (nSPS) is 13.3. The third-order valence-electron chi connectivity index (χ3n) is 6.32. The van der Waals surface area contributed by atoms with Crippen molar-refractivity contribution in [1.82, 2.24) is 0 Å². The van der Waals surface area contributed by atoms with E-state index in [1.807, 2.05) is 6.08 Å². The van der Waals surface area contributed by atoms with Crippen molar-refractivity contribution >= 4 is 11.9 Å². The van der Waals surface area contributed by atoms with Crippen LogP contribution in [0.2, 0.25) is 0 Å². The van der Waals surface area contributed by atoms with E-state index in [0.29, 0.717) is 18.9 Å². The second-order valence-electron chi connectivity index (χ2n) is 9.37. The first-order valence-corrected chi connectivity index (χ1v) is 13.6. The summed E-state index contributed by atoms with van der Waals surface area (Å²) in [4.78, 5) is 23.6. The van der Waals surface area contributed by atoms with Crippen LogP contribution in [0.25, 0.3) is 0 Å². The standard InChI is InChI=1S/C28H52O4/c1-4-7-9-10-11-12-13-14-15-16-17-18-19-20-22-26(23-27(29)30)28(31)32-24-25(6-3)21-8-5-2/h19-20,25-26H,4-18,21-24H2,1-3H3,(H,29,30). The highest BCUT2D eigenvalue weighted by Gasteiger charge is 2.23. The smallest absolute Gasteiger partial charge is 0.309 e. The Kier molecular flexibility index (Phi) is 21.9. The lowest BCUT2D eigenvalue weighted by atomic mass is 9.99. The summed E-state index contributed by atoms with van der Waals surface area (Å²) in [6, 6.07) is 0. The predicted molar refractivity (Wildman–Crippen MR) is 135 cm³/mol. The fourth-order valence-corrected chi connectivity index (χ4v) is 3.99. The number of carboxylic acids is 1. The van der Waals surface area contributed by atoms with Crippen LogP contribution in [-0.4, -0.2) is 23.7 Å². The Labute approximate surface area is 198 Å². The van der Waals surface area contributed by atoms with Crippen LogP contribution in [-0.2, 0) is 14.3 Å². The molecule has 188 valence electrons. The van der Waals surface area contributed by atoms with E-state index < -0.39 is 11.9 Å². The number of carboxylic acid groups (broad SMARTS) is 1. The van der Waals surface area contributed by atoms with E-state index >= 15 is 0 Å². The Balaban J connectivity index is 3.97. The summed E-state index contributed by atoms with van der Waals surface area (Å²) in [5.41, 5.74) is 0. The van der Waals surface area contributed by atoms with Crippen molar-refractivity contribution in [1.29, 1.82) is 0 Å².